The third kappa shape index (κ3) is 3.60. The lowest BCUT2D eigenvalue weighted by atomic mass is 10.2. The number of nitrogens with zero attached hydrogens (tertiary/aromatic N) is 5. The molecule has 0 aliphatic rings. The number of primary sulfonamides is 1. The second-order valence-corrected chi connectivity index (χ2v) is 7.50. The van der Waals surface area contributed by atoms with Gasteiger partial charge >= 0.3 is 0 Å². The highest BCUT2D eigenvalue weighted by atomic mass is 32.2. The van der Waals surface area contributed by atoms with Crippen LogP contribution in [0.25, 0.3) is 11.0 Å². The Balaban J connectivity index is 1.88. The van der Waals surface area contributed by atoms with Gasteiger partial charge in [-0.2, -0.15) is 15.1 Å². The molecule has 0 saturated carbocycles. The van der Waals surface area contributed by atoms with Gasteiger partial charge < -0.3 is 10.2 Å². The van der Waals surface area contributed by atoms with Crippen LogP contribution in [-0.2, 0) is 23.6 Å². The molecule has 1 aromatic carbocycles. The van der Waals surface area contributed by atoms with Gasteiger partial charge in [0.2, 0.25) is 16.0 Å². The monoisotopic (exact) mass is 375 g/mol. The van der Waals surface area contributed by atoms with E-state index in [1.807, 2.05) is 25.9 Å². The van der Waals surface area contributed by atoms with E-state index in [2.05, 4.69) is 20.4 Å². The highest BCUT2D eigenvalue weighted by Crippen LogP contribution is 2.23. The number of hydrogen-bond donors (Lipinski definition) is 2. The maximum absolute atomic E-state index is 11.3. The first-order valence-electron chi connectivity index (χ1n) is 8.06. The average molecular weight is 375 g/mol. The predicted molar refractivity (Wildman–Crippen MR) is 100 cm³/mol. The molecule has 3 N–H and O–H groups in total. The Morgan fingerprint density at radius 3 is 2.54 bits per heavy atom. The number of aromatic nitrogens is 4. The molecule has 0 aliphatic carbocycles. The lowest BCUT2D eigenvalue weighted by Gasteiger charge is -2.16. The van der Waals surface area contributed by atoms with Crippen molar-refractivity contribution < 1.29 is 8.42 Å². The highest BCUT2D eigenvalue weighted by Gasteiger charge is 2.13. The van der Waals surface area contributed by atoms with E-state index in [0.29, 0.717) is 18.3 Å². The van der Waals surface area contributed by atoms with Crippen LogP contribution in [0.1, 0.15) is 12.5 Å². The van der Waals surface area contributed by atoms with Crippen LogP contribution in [0.2, 0.25) is 0 Å². The molecule has 0 aliphatic heterocycles. The summed E-state index contributed by atoms with van der Waals surface area (Å²) in [5, 5.41) is 13.5. The summed E-state index contributed by atoms with van der Waals surface area (Å²) >= 11 is 0. The maximum atomic E-state index is 11.3. The molecule has 3 rings (SSSR count). The van der Waals surface area contributed by atoms with Gasteiger partial charge in [0.25, 0.3) is 0 Å². The number of rotatable bonds is 6. The summed E-state index contributed by atoms with van der Waals surface area (Å²) in [7, 11) is 0.0697. The number of sulfonamides is 1. The fourth-order valence-corrected chi connectivity index (χ4v) is 2.96. The van der Waals surface area contributed by atoms with Crippen LogP contribution in [0.5, 0.6) is 0 Å². The van der Waals surface area contributed by atoms with Crippen molar-refractivity contribution in [2.24, 2.45) is 12.2 Å². The van der Waals surface area contributed by atoms with E-state index in [4.69, 9.17) is 5.14 Å². The van der Waals surface area contributed by atoms with Crippen molar-refractivity contribution in [1.82, 2.24) is 19.7 Å². The van der Waals surface area contributed by atoms with Crippen LogP contribution in [0.15, 0.2) is 35.4 Å². The van der Waals surface area contributed by atoms with E-state index in [1.54, 1.807) is 23.0 Å². The summed E-state index contributed by atoms with van der Waals surface area (Å²) in [6, 6.07) is 6.41. The minimum atomic E-state index is -3.69. The molecule has 0 amide bonds. The van der Waals surface area contributed by atoms with Gasteiger partial charge in [-0.05, 0) is 24.6 Å². The molecule has 0 radical (unpaired) electrons. The number of hydrogen-bond acceptors (Lipinski definition) is 7. The van der Waals surface area contributed by atoms with Gasteiger partial charge in [-0.1, -0.05) is 12.1 Å². The van der Waals surface area contributed by atoms with Crippen molar-refractivity contribution in [1.29, 1.82) is 0 Å². The summed E-state index contributed by atoms with van der Waals surface area (Å²) in [6.07, 6.45) is 1.72. The molecule has 0 spiro atoms. The molecule has 26 heavy (non-hydrogen) atoms. The van der Waals surface area contributed by atoms with Crippen molar-refractivity contribution in [2.45, 2.75) is 18.4 Å². The number of aryl methyl sites for hydroxylation is 1. The highest BCUT2D eigenvalue weighted by molar-refractivity contribution is 7.89. The zero-order valence-corrected chi connectivity index (χ0v) is 15.7. The van der Waals surface area contributed by atoms with E-state index in [-0.39, 0.29) is 4.90 Å². The number of nitrogens with two attached hydrogens (primary N) is 1. The van der Waals surface area contributed by atoms with Crippen molar-refractivity contribution in [3.63, 3.8) is 0 Å². The molecule has 0 unspecified atom stereocenters. The Kier molecular flexibility index (Phi) is 4.79. The van der Waals surface area contributed by atoms with Gasteiger partial charge in [-0.25, -0.2) is 13.6 Å². The quantitative estimate of drug-likeness (QED) is 0.661. The summed E-state index contributed by atoms with van der Waals surface area (Å²) in [6.45, 7) is 3.27. The zero-order chi connectivity index (χ0) is 18.9. The molecule has 138 valence electrons. The second-order valence-electron chi connectivity index (χ2n) is 5.93. The molecular formula is C16H21N7O2S. The summed E-state index contributed by atoms with van der Waals surface area (Å²) < 4.78 is 24.4. The Bertz CT molecular complexity index is 1030. The first-order chi connectivity index (χ1) is 12.3. The third-order valence-electron chi connectivity index (χ3n) is 4.11. The van der Waals surface area contributed by atoms with E-state index in [9.17, 15) is 8.42 Å². The second kappa shape index (κ2) is 6.89. The van der Waals surface area contributed by atoms with Crippen LogP contribution < -0.4 is 15.4 Å². The van der Waals surface area contributed by atoms with Crippen molar-refractivity contribution >= 4 is 32.8 Å². The van der Waals surface area contributed by atoms with Gasteiger partial charge in [-0.3, -0.25) is 4.68 Å². The SMILES string of the molecule is CCN(C)c1nc(NCc2ccc(S(N)(=O)=O)cc2)c2cnn(C)c2n1. The minimum absolute atomic E-state index is 0.0878. The van der Waals surface area contributed by atoms with Crippen molar-refractivity contribution in [3.05, 3.63) is 36.0 Å². The zero-order valence-electron chi connectivity index (χ0n) is 14.8. The van der Waals surface area contributed by atoms with Gasteiger partial charge in [-0.15, -0.1) is 0 Å². The molecule has 0 atom stereocenters. The topological polar surface area (TPSA) is 119 Å². The molecule has 0 bridgehead atoms. The van der Waals surface area contributed by atoms with Gasteiger partial charge in [0, 0.05) is 27.2 Å². The molecule has 10 heteroatoms. The fourth-order valence-electron chi connectivity index (χ4n) is 2.44. The Labute approximate surface area is 151 Å². The van der Waals surface area contributed by atoms with E-state index in [0.717, 1.165) is 23.1 Å². The number of nitrogens with one attached hydrogen (secondary N) is 1. The van der Waals surface area contributed by atoms with E-state index in [1.165, 1.54) is 12.1 Å². The van der Waals surface area contributed by atoms with Crippen LogP contribution in [0, 0.1) is 0 Å². The van der Waals surface area contributed by atoms with Gasteiger partial charge in [0.05, 0.1) is 16.5 Å². The maximum Gasteiger partial charge on any atom is 0.238 e. The first kappa shape index (κ1) is 18.1. The molecule has 2 aromatic heterocycles. The molecule has 3 aromatic rings. The summed E-state index contributed by atoms with van der Waals surface area (Å²) in [4.78, 5) is 11.2. The average Bonchev–Trinajstić information content (AvgIpc) is 2.99. The molecular weight excluding hydrogens is 354 g/mol. The van der Waals surface area contributed by atoms with Gasteiger partial charge in [0.15, 0.2) is 5.65 Å². The van der Waals surface area contributed by atoms with Crippen molar-refractivity contribution in [2.75, 3.05) is 23.8 Å². The smallest absolute Gasteiger partial charge is 0.238 e. The largest absolute Gasteiger partial charge is 0.365 e. The Morgan fingerprint density at radius 2 is 1.92 bits per heavy atom. The van der Waals surface area contributed by atoms with Crippen LogP contribution in [0.4, 0.5) is 11.8 Å². The summed E-state index contributed by atoms with van der Waals surface area (Å²) in [5.41, 5.74) is 1.64. The normalized spacial score (nSPS) is 11.7. The minimum Gasteiger partial charge on any atom is -0.365 e. The number of benzene rings is 1. The van der Waals surface area contributed by atoms with E-state index >= 15 is 0 Å². The third-order valence-corrected chi connectivity index (χ3v) is 5.04. The fraction of sp³-hybridized carbons (Fsp3) is 0.312. The van der Waals surface area contributed by atoms with Crippen LogP contribution in [0.3, 0.4) is 0 Å². The van der Waals surface area contributed by atoms with Crippen LogP contribution in [-0.4, -0.2) is 41.8 Å². The van der Waals surface area contributed by atoms with Crippen LogP contribution >= 0.6 is 0 Å². The molecule has 9 nitrogen and oxygen atoms in total. The number of anilines is 2. The standard InChI is InChI=1S/C16H21N7O2S/c1-4-22(2)16-20-14(13-10-19-23(3)15(13)21-16)18-9-11-5-7-12(8-6-11)26(17,24)25/h5-8,10H,4,9H2,1-3H3,(H2,17,24,25)(H,18,20,21). The molecule has 0 fully saturated rings. The predicted octanol–water partition coefficient (Wildman–Crippen LogP) is 1.08. The Hall–Kier alpha value is -2.72. The van der Waals surface area contributed by atoms with Gasteiger partial charge in [0.1, 0.15) is 5.82 Å². The Morgan fingerprint density at radius 1 is 1.23 bits per heavy atom. The summed E-state index contributed by atoms with van der Waals surface area (Å²) in [5.74, 6) is 1.28. The van der Waals surface area contributed by atoms with E-state index < -0.39 is 10.0 Å². The number of fused-ring (bicyclic) bond motifs is 1. The first-order valence-corrected chi connectivity index (χ1v) is 9.60. The lowest BCUT2D eigenvalue weighted by Crippen LogP contribution is -2.19. The molecule has 0 saturated heterocycles. The lowest BCUT2D eigenvalue weighted by molar-refractivity contribution is 0.598. The molecule has 2 heterocycles. The van der Waals surface area contributed by atoms with Crippen molar-refractivity contribution in [3.8, 4) is 0 Å².